The molecule has 1 N–H and O–H groups in total. The molecular weight excluding hydrogens is 160 g/mol. The Labute approximate surface area is 76.6 Å². The molecule has 1 aromatic heterocycles. The van der Waals surface area contributed by atoms with E-state index in [0.717, 1.165) is 22.2 Å². The van der Waals surface area contributed by atoms with Crippen molar-refractivity contribution < 1.29 is 0 Å². The minimum absolute atomic E-state index is 0.959. The maximum Gasteiger partial charge on any atom is 0.0931 e. The topological polar surface area (TPSA) is 28.7 Å². The summed E-state index contributed by atoms with van der Waals surface area (Å²) in [5.74, 6) is 0. The maximum absolute atomic E-state index is 4.17. The molecule has 0 fully saturated rings. The van der Waals surface area contributed by atoms with Gasteiger partial charge in [0.05, 0.1) is 17.4 Å². The van der Waals surface area contributed by atoms with Crippen LogP contribution in [-0.2, 0) is 0 Å². The van der Waals surface area contributed by atoms with Gasteiger partial charge in [0.15, 0.2) is 0 Å². The number of hydrogen-bond donors (Lipinski definition) is 1. The molecule has 2 aromatic rings. The summed E-state index contributed by atoms with van der Waals surface area (Å²) in [6.07, 6.45) is 5.31. The zero-order chi connectivity index (χ0) is 9.26. The van der Waals surface area contributed by atoms with Gasteiger partial charge in [0.25, 0.3) is 0 Å². The SMILES string of the molecule is C=Cc1cc2nc[nH]c2cc1C=C. The van der Waals surface area contributed by atoms with Gasteiger partial charge in [-0.05, 0) is 23.3 Å². The van der Waals surface area contributed by atoms with Crippen LogP contribution in [0.4, 0.5) is 0 Å². The Balaban J connectivity index is 2.80. The van der Waals surface area contributed by atoms with Crippen molar-refractivity contribution in [1.29, 1.82) is 0 Å². The van der Waals surface area contributed by atoms with Crippen molar-refractivity contribution in [1.82, 2.24) is 9.97 Å². The number of benzene rings is 1. The summed E-state index contributed by atoms with van der Waals surface area (Å²) in [7, 11) is 0. The summed E-state index contributed by atoms with van der Waals surface area (Å²) in [6.45, 7) is 7.49. The van der Waals surface area contributed by atoms with Gasteiger partial charge in [-0.25, -0.2) is 4.98 Å². The molecule has 0 saturated heterocycles. The fraction of sp³-hybridized carbons (Fsp3) is 0. The second kappa shape index (κ2) is 2.90. The number of hydrogen-bond acceptors (Lipinski definition) is 1. The molecule has 0 aliphatic heterocycles. The van der Waals surface area contributed by atoms with Gasteiger partial charge in [-0.15, -0.1) is 0 Å². The number of fused-ring (bicyclic) bond motifs is 1. The third-order valence-corrected chi connectivity index (χ3v) is 2.06. The Morgan fingerprint density at radius 2 is 1.85 bits per heavy atom. The van der Waals surface area contributed by atoms with E-state index in [0.29, 0.717) is 0 Å². The van der Waals surface area contributed by atoms with E-state index >= 15 is 0 Å². The van der Waals surface area contributed by atoms with Gasteiger partial charge >= 0.3 is 0 Å². The van der Waals surface area contributed by atoms with E-state index in [4.69, 9.17) is 0 Å². The van der Waals surface area contributed by atoms with Crippen LogP contribution in [-0.4, -0.2) is 9.97 Å². The van der Waals surface area contributed by atoms with Crippen molar-refractivity contribution in [3.8, 4) is 0 Å². The van der Waals surface area contributed by atoms with Crippen LogP contribution in [0.1, 0.15) is 11.1 Å². The smallest absolute Gasteiger partial charge is 0.0931 e. The minimum atomic E-state index is 0.959. The predicted octanol–water partition coefficient (Wildman–Crippen LogP) is 2.85. The molecular formula is C11H10N2. The van der Waals surface area contributed by atoms with E-state index in [1.54, 1.807) is 6.33 Å². The van der Waals surface area contributed by atoms with Gasteiger partial charge in [-0.3, -0.25) is 0 Å². The summed E-state index contributed by atoms with van der Waals surface area (Å²) >= 11 is 0. The number of aromatic amines is 1. The van der Waals surface area contributed by atoms with Crippen LogP contribution >= 0.6 is 0 Å². The molecule has 1 heterocycles. The molecule has 0 aliphatic carbocycles. The lowest BCUT2D eigenvalue weighted by atomic mass is 10.1. The molecule has 13 heavy (non-hydrogen) atoms. The highest BCUT2D eigenvalue weighted by Gasteiger charge is 2.00. The number of nitrogens with zero attached hydrogens (tertiary/aromatic N) is 1. The molecule has 0 atom stereocenters. The van der Waals surface area contributed by atoms with Crippen LogP contribution in [0.2, 0.25) is 0 Å². The highest BCUT2D eigenvalue weighted by atomic mass is 14.9. The summed E-state index contributed by atoms with van der Waals surface area (Å²) in [4.78, 5) is 7.22. The van der Waals surface area contributed by atoms with Crippen LogP contribution in [0.5, 0.6) is 0 Å². The van der Waals surface area contributed by atoms with Crippen molar-refractivity contribution in [3.63, 3.8) is 0 Å². The van der Waals surface area contributed by atoms with E-state index in [-0.39, 0.29) is 0 Å². The average molecular weight is 170 g/mol. The molecule has 64 valence electrons. The molecule has 0 aliphatic rings. The lowest BCUT2D eigenvalue weighted by molar-refractivity contribution is 1.34. The molecule has 1 aromatic carbocycles. The van der Waals surface area contributed by atoms with E-state index < -0.39 is 0 Å². The fourth-order valence-corrected chi connectivity index (χ4v) is 1.37. The van der Waals surface area contributed by atoms with Gasteiger partial charge in [-0.1, -0.05) is 25.3 Å². The minimum Gasteiger partial charge on any atom is -0.345 e. The van der Waals surface area contributed by atoms with Crippen molar-refractivity contribution in [2.24, 2.45) is 0 Å². The van der Waals surface area contributed by atoms with E-state index in [2.05, 4.69) is 23.1 Å². The Hall–Kier alpha value is -1.83. The highest BCUT2D eigenvalue weighted by molar-refractivity contribution is 5.82. The first kappa shape index (κ1) is 7.80. The second-order valence-corrected chi connectivity index (χ2v) is 2.81. The Kier molecular flexibility index (Phi) is 1.74. The van der Waals surface area contributed by atoms with Gasteiger partial charge in [0.2, 0.25) is 0 Å². The van der Waals surface area contributed by atoms with E-state index in [1.807, 2.05) is 24.3 Å². The fourth-order valence-electron chi connectivity index (χ4n) is 1.37. The molecule has 0 spiro atoms. The van der Waals surface area contributed by atoms with Gasteiger partial charge in [0, 0.05) is 0 Å². The van der Waals surface area contributed by atoms with Crippen molar-refractivity contribution in [2.75, 3.05) is 0 Å². The maximum atomic E-state index is 4.17. The van der Waals surface area contributed by atoms with Crippen LogP contribution in [0.15, 0.2) is 31.6 Å². The number of aromatic nitrogens is 2. The zero-order valence-corrected chi connectivity index (χ0v) is 7.25. The third-order valence-electron chi connectivity index (χ3n) is 2.06. The standard InChI is InChI=1S/C11H10N2/c1-3-8-5-10-11(13-7-12-10)6-9(8)4-2/h3-7H,1-2H2,(H,12,13). The van der Waals surface area contributed by atoms with Crippen molar-refractivity contribution >= 4 is 23.2 Å². The highest BCUT2D eigenvalue weighted by Crippen LogP contribution is 2.18. The van der Waals surface area contributed by atoms with Crippen molar-refractivity contribution in [3.05, 3.63) is 42.7 Å². The molecule has 2 rings (SSSR count). The first-order valence-electron chi connectivity index (χ1n) is 4.07. The zero-order valence-electron chi connectivity index (χ0n) is 7.25. The second-order valence-electron chi connectivity index (χ2n) is 2.81. The predicted molar refractivity (Wildman–Crippen MR) is 56.3 cm³/mol. The van der Waals surface area contributed by atoms with Crippen LogP contribution in [0.25, 0.3) is 23.2 Å². The summed E-state index contributed by atoms with van der Waals surface area (Å²) in [6, 6.07) is 4.02. The summed E-state index contributed by atoms with van der Waals surface area (Å²) in [5, 5.41) is 0. The quantitative estimate of drug-likeness (QED) is 0.737. The molecule has 0 saturated carbocycles. The summed E-state index contributed by atoms with van der Waals surface area (Å²) < 4.78 is 0. The lowest BCUT2D eigenvalue weighted by Gasteiger charge is -1.99. The Morgan fingerprint density at radius 3 is 2.54 bits per heavy atom. The molecule has 0 bridgehead atoms. The van der Waals surface area contributed by atoms with Gasteiger partial charge < -0.3 is 4.98 Å². The summed E-state index contributed by atoms with van der Waals surface area (Å²) in [5.41, 5.74) is 4.13. The van der Waals surface area contributed by atoms with Crippen LogP contribution < -0.4 is 0 Å². The lowest BCUT2D eigenvalue weighted by Crippen LogP contribution is -1.80. The van der Waals surface area contributed by atoms with Gasteiger partial charge in [0.1, 0.15) is 0 Å². The first-order valence-corrected chi connectivity index (χ1v) is 4.07. The average Bonchev–Trinajstić information content (AvgIpc) is 2.62. The monoisotopic (exact) mass is 170 g/mol. The number of H-pyrrole nitrogens is 1. The number of rotatable bonds is 2. The molecule has 0 amide bonds. The van der Waals surface area contributed by atoms with Crippen molar-refractivity contribution in [2.45, 2.75) is 0 Å². The third kappa shape index (κ3) is 1.16. The van der Waals surface area contributed by atoms with Crippen LogP contribution in [0, 0.1) is 0 Å². The normalized spacial score (nSPS) is 10.2. The Morgan fingerprint density at radius 1 is 1.15 bits per heavy atom. The molecule has 2 nitrogen and oxygen atoms in total. The van der Waals surface area contributed by atoms with E-state index in [9.17, 15) is 0 Å². The first-order chi connectivity index (χ1) is 6.35. The van der Waals surface area contributed by atoms with Crippen LogP contribution in [0.3, 0.4) is 0 Å². The van der Waals surface area contributed by atoms with Gasteiger partial charge in [-0.2, -0.15) is 0 Å². The largest absolute Gasteiger partial charge is 0.345 e. The number of nitrogens with one attached hydrogen (secondary N) is 1. The molecule has 0 radical (unpaired) electrons. The molecule has 0 unspecified atom stereocenters. The number of imidazole rings is 1. The molecule has 2 heteroatoms. The van der Waals surface area contributed by atoms with E-state index in [1.165, 1.54) is 0 Å². The Bertz CT molecular complexity index is 424.